The van der Waals surface area contributed by atoms with Crippen LogP contribution < -0.4 is 10.2 Å². The van der Waals surface area contributed by atoms with Gasteiger partial charge in [-0.1, -0.05) is 24.3 Å². The number of nitrogens with one attached hydrogen (secondary N) is 1. The van der Waals surface area contributed by atoms with Crippen molar-refractivity contribution in [3.63, 3.8) is 0 Å². The summed E-state index contributed by atoms with van der Waals surface area (Å²) in [7, 11) is 0. The SMILES string of the molecule is O=C1NC(=S)N(c2ccccc2F)C(=O)/C1=C/c1cccc(F)c1. The van der Waals surface area contributed by atoms with Crippen LogP contribution in [0.3, 0.4) is 0 Å². The highest BCUT2D eigenvalue weighted by Gasteiger charge is 2.35. The number of carbonyl (C=O) groups excluding carboxylic acids is 2. The van der Waals surface area contributed by atoms with Gasteiger partial charge in [-0.25, -0.2) is 13.7 Å². The second kappa shape index (κ2) is 6.29. The van der Waals surface area contributed by atoms with Gasteiger partial charge in [-0.2, -0.15) is 0 Å². The van der Waals surface area contributed by atoms with Gasteiger partial charge in [0, 0.05) is 0 Å². The predicted octanol–water partition coefficient (Wildman–Crippen LogP) is 2.80. The first-order valence-electron chi connectivity index (χ1n) is 6.89. The van der Waals surface area contributed by atoms with Crippen LogP contribution in [0.5, 0.6) is 0 Å². The molecule has 3 rings (SSSR count). The molecule has 0 spiro atoms. The molecule has 1 heterocycles. The minimum Gasteiger partial charge on any atom is -0.298 e. The van der Waals surface area contributed by atoms with Gasteiger partial charge in [0.15, 0.2) is 5.11 Å². The molecule has 2 aromatic carbocycles. The summed E-state index contributed by atoms with van der Waals surface area (Å²) in [5.74, 6) is -2.66. The van der Waals surface area contributed by atoms with Crippen LogP contribution in [0.25, 0.3) is 6.08 Å². The van der Waals surface area contributed by atoms with E-state index < -0.39 is 23.4 Å². The number of amides is 2. The molecule has 0 aliphatic carbocycles. The quantitative estimate of drug-likeness (QED) is 0.518. The number of hydrogen-bond acceptors (Lipinski definition) is 3. The van der Waals surface area contributed by atoms with Gasteiger partial charge in [0.25, 0.3) is 11.8 Å². The van der Waals surface area contributed by atoms with Crippen molar-refractivity contribution in [3.8, 4) is 0 Å². The van der Waals surface area contributed by atoms with Crippen molar-refractivity contribution in [2.45, 2.75) is 0 Å². The molecule has 0 atom stereocenters. The molecule has 120 valence electrons. The fourth-order valence-corrected chi connectivity index (χ4v) is 2.55. The van der Waals surface area contributed by atoms with Gasteiger partial charge >= 0.3 is 0 Å². The van der Waals surface area contributed by atoms with E-state index in [0.717, 1.165) is 4.90 Å². The number of thiocarbonyl (C=S) groups is 1. The molecule has 1 aliphatic rings. The normalized spacial score (nSPS) is 16.5. The number of anilines is 1. The summed E-state index contributed by atoms with van der Waals surface area (Å²) in [5, 5.41) is 2.12. The van der Waals surface area contributed by atoms with Crippen LogP contribution >= 0.6 is 12.2 Å². The molecule has 0 saturated carbocycles. The maximum absolute atomic E-state index is 14.0. The van der Waals surface area contributed by atoms with Crippen LogP contribution in [0.4, 0.5) is 14.5 Å². The van der Waals surface area contributed by atoms with Crippen LogP contribution in [0.1, 0.15) is 5.56 Å². The van der Waals surface area contributed by atoms with Gasteiger partial charge in [0.2, 0.25) is 0 Å². The standard InChI is InChI=1S/C17H10F2N2O2S/c18-11-5-3-4-10(8-11)9-12-15(22)20-17(24)21(16(12)23)14-7-2-1-6-13(14)19/h1-9H,(H,20,22,24)/b12-9+. The predicted molar refractivity (Wildman–Crippen MR) is 89.0 cm³/mol. The molecule has 0 bridgehead atoms. The highest BCUT2D eigenvalue weighted by molar-refractivity contribution is 7.80. The molecule has 2 amide bonds. The molecule has 24 heavy (non-hydrogen) atoms. The number of rotatable bonds is 2. The first-order chi connectivity index (χ1) is 11.5. The summed E-state index contributed by atoms with van der Waals surface area (Å²) < 4.78 is 27.3. The van der Waals surface area contributed by atoms with Crippen LogP contribution in [-0.4, -0.2) is 16.9 Å². The van der Waals surface area contributed by atoms with Crippen molar-refractivity contribution in [1.82, 2.24) is 5.32 Å². The number of nitrogens with zero attached hydrogens (tertiary/aromatic N) is 1. The van der Waals surface area contributed by atoms with E-state index in [9.17, 15) is 18.4 Å². The van der Waals surface area contributed by atoms with Gasteiger partial charge in [-0.05, 0) is 48.1 Å². The smallest absolute Gasteiger partial charge is 0.270 e. The largest absolute Gasteiger partial charge is 0.298 e. The maximum atomic E-state index is 14.0. The molecule has 1 N–H and O–H groups in total. The Bertz CT molecular complexity index is 896. The molecule has 7 heteroatoms. The molecule has 0 radical (unpaired) electrons. The van der Waals surface area contributed by atoms with Crippen molar-refractivity contribution in [3.05, 3.63) is 71.3 Å². The third-order valence-corrected chi connectivity index (χ3v) is 3.64. The number of benzene rings is 2. The summed E-state index contributed by atoms with van der Waals surface area (Å²) in [6.07, 6.45) is 1.23. The first kappa shape index (κ1) is 15.9. The summed E-state index contributed by atoms with van der Waals surface area (Å²) in [6.45, 7) is 0. The van der Waals surface area contributed by atoms with Gasteiger partial charge in [0.1, 0.15) is 17.2 Å². The number of para-hydroxylation sites is 1. The Morgan fingerprint density at radius 2 is 1.79 bits per heavy atom. The van der Waals surface area contributed by atoms with E-state index in [4.69, 9.17) is 12.2 Å². The highest BCUT2D eigenvalue weighted by atomic mass is 32.1. The minimum absolute atomic E-state index is 0.0716. The van der Waals surface area contributed by atoms with Crippen molar-refractivity contribution < 1.29 is 18.4 Å². The lowest BCUT2D eigenvalue weighted by atomic mass is 10.1. The summed E-state index contributed by atoms with van der Waals surface area (Å²) in [4.78, 5) is 25.6. The average Bonchev–Trinajstić information content (AvgIpc) is 2.53. The summed E-state index contributed by atoms with van der Waals surface area (Å²) >= 11 is 4.98. The van der Waals surface area contributed by atoms with Crippen molar-refractivity contribution in [1.29, 1.82) is 0 Å². The Morgan fingerprint density at radius 1 is 1.04 bits per heavy atom. The summed E-state index contributed by atoms with van der Waals surface area (Å²) in [5.41, 5.74) is -0.00935. The van der Waals surface area contributed by atoms with Crippen LogP contribution in [-0.2, 0) is 9.59 Å². The van der Waals surface area contributed by atoms with E-state index in [-0.39, 0.29) is 16.4 Å². The summed E-state index contributed by atoms with van der Waals surface area (Å²) in [6, 6.07) is 11.0. The Labute approximate surface area is 141 Å². The molecule has 0 unspecified atom stereocenters. The topological polar surface area (TPSA) is 49.4 Å². The molecular formula is C17H10F2N2O2S. The van der Waals surface area contributed by atoms with E-state index in [1.54, 1.807) is 6.07 Å². The van der Waals surface area contributed by atoms with Crippen molar-refractivity contribution >= 4 is 40.9 Å². The zero-order valence-electron chi connectivity index (χ0n) is 12.1. The highest BCUT2D eigenvalue weighted by Crippen LogP contribution is 2.24. The Hall–Kier alpha value is -2.93. The lowest BCUT2D eigenvalue weighted by Gasteiger charge is -2.29. The minimum atomic E-state index is -0.780. The average molecular weight is 344 g/mol. The number of hydrogen-bond donors (Lipinski definition) is 1. The molecular weight excluding hydrogens is 334 g/mol. The number of halogens is 2. The molecule has 4 nitrogen and oxygen atoms in total. The monoisotopic (exact) mass is 344 g/mol. The Balaban J connectivity index is 2.05. The lowest BCUT2D eigenvalue weighted by Crippen LogP contribution is -2.54. The fraction of sp³-hybridized carbons (Fsp3) is 0. The van der Waals surface area contributed by atoms with Crippen LogP contribution in [0, 0.1) is 11.6 Å². The molecule has 1 fully saturated rings. The van der Waals surface area contributed by atoms with Gasteiger partial charge in [-0.15, -0.1) is 0 Å². The van der Waals surface area contributed by atoms with E-state index in [2.05, 4.69) is 5.32 Å². The van der Waals surface area contributed by atoms with Gasteiger partial charge in [-0.3, -0.25) is 14.9 Å². The Morgan fingerprint density at radius 3 is 2.50 bits per heavy atom. The maximum Gasteiger partial charge on any atom is 0.270 e. The first-order valence-corrected chi connectivity index (χ1v) is 7.30. The van der Waals surface area contributed by atoms with Crippen LogP contribution in [0.2, 0.25) is 0 Å². The van der Waals surface area contributed by atoms with E-state index in [1.165, 1.54) is 48.5 Å². The molecule has 0 aromatic heterocycles. The third-order valence-electron chi connectivity index (χ3n) is 3.35. The zero-order valence-corrected chi connectivity index (χ0v) is 12.9. The van der Waals surface area contributed by atoms with Crippen LogP contribution in [0.15, 0.2) is 54.1 Å². The van der Waals surface area contributed by atoms with Crippen molar-refractivity contribution in [2.24, 2.45) is 0 Å². The molecule has 1 aliphatic heterocycles. The van der Waals surface area contributed by atoms with E-state index in [1.807, 2.05) is 0 Å². The van der Waals surface area contributed by atoms with Gasteiger partial charge < -0.3 is 0 Å². The van der Waals surface area contributed by atoms with E-state index in [0.29, 0.717) is 5.56 Å². The number of carbonyl (C=O) groups is 2. The Kier molecular flexibility index (Phi) is 4.18. The molecule has 2 aromatic rings. The molecule has 1 saturated heterocycles. The van der Waals surface area contributed by atoms with Gasteiger partial charge in [0.05, 0.1) is 5.69 Å². The lowest BCUT2D eigenvalue weighted by molar-refractivity contribution is -0.122. The fourth-order valence-electron chi connectivity index (χ4n) is 2.27. The second-order valence-corrected chi connectivity index (χ2v) is 5.35. The van der Waals surface area contributed by atoms with Crippen molar-refractivity contribution in [2.75, 3.05) is 4.90 Å². The third kappa shape index (κ3) is 2.93. The van der Waals surface area contributed by atoms with E-state index >= 15 is 0 Å². The second-order valence-electron chi connectivity index (χ2n) is 4.96. The zero-order chi connectivity index (χ0) is 17.3.